The minimum atomic E-state index is 0.599. The molecular weight excluding hydrogens is 398 g/mol. The summed E-state index contributed by atoms with van der Waals surface area (Å²) in [6, 6.07) is 16.9. The van der Waals surface area contributed by atoms with E-state index in [2.05, 4.69) is 82.5 Å². The zero-order valence-corrected chi connectivity index (χ0v) is 19.1. The molecule has 166 valence electrons. The van der Waals surface area contributed by atoms with Crippen molar-refractivity contribution in [2.45, 2.75) is 59.4 Å². The van der Waals surface area contributed by atoms with E-state index in [1.54, 1.807) is 0 Å². The molecule has 32 heavy (non-hydrogen) atoms. The van der Waals surface area contributed by atoms with E-state index >= 15 is 0 Å². The minimum absolute atomic E-state index is 0.599. The molecule has 7 heteroatoms. The van der Waals surface area contributed by atoms with E-state index in [9.17, 15) is 0 Å². The van der Waals surface area contributed by atoms with Gasteiger partial charge in [0.1, 0.15) is 5.82 Å². The molecular formula is C25H31N7. The Hall–Kier alpha value is -3.35. The molecule has 2 aromatic carbocycles. The van der Waals surface area contributed by atoms with E-state index in [1.807, 2.05) is 12.1 Å². The van der Waals surface area contributed by atoms with Gasteiger partial charge in [-0.05, 0) is 46.7 Å². The molecule has 7 nitrogen and oxygen atoms in total. The Balaban J connectivity index is 1.51. The SMILES string of the molecule is CCCCc1nc(CCC(C)C)n(Cc2ccc(-c3cccc(-c4nn[nH]n4)c3)cc2)n1. The number of nitrogens with one attached hydrogen (secondary N) is 1. The van der Waals surface area contributed by atoms with Crippen molar-refractivity contribution in [3.63, 3.8) is 0 Å². The van der Waals surface area contributed by atoms with E-state index in [0.717, 1.165) is 67.0 Å². The molecule has 4 rings (SSSR count). The van der Waals surface area contributed by atoms with Crippen LogP contribution >= 0.6 is 0 Å². The fraction of sp³-hybridized carbons (Fsp3) is 0.400. The number of hydrogen-bond donors (Lipinski definition) is 1. The molecule has 0 aliphatic carbocycles. The summed E-state index contributed by atoms with van der Waals surface area (Å²) in [6.45, 7) is 7.46. The third-order valence-electron chi connectivity index (χ3n) is 5.58. The van der Waals surface area contributed by atoms with Crippen molar-refractivity contribution in [3.05, 3.63) is 65.7 Å². The maximum atomic E-state index is 4.85. The molecule has 2 heterocycles. The Morgan fingerprint density at radius 2 is 1.78 bits per heavy atom. The molecule has 0 spiro atoms. The number of aryl methyl sites for hydroxylation is 2. The monoisotopic (exact) mass is 429 g/mol. The molecule has 0 radical (unpaired) electrons. The molecule has 0 saturated carbocycles. The van der Waals surface area contributed by atoms with Gasteiger partial charge in [-0.25, -0.2) is 9.67 Å². The summed E-state index contributed by atoms with van der Waals surface area (Å²) in [5, 5.41) is 19.1. The second kappa shape index (κ2) is 10.3. The van der Waals surface area contributed by atoms with Gasteiger partial charge in [-0.15, -0.1) is 10.2 Å². The molecule has 0 fully saturated rings. The summed E-state index contributed by atoms with van der Waals surface area (Å²) in [5.74, 6) is 3.33. The number of benzene rings is 2. The zero-order valence-electron chi connectivity index (χ0n) is 19.1. The second-order valence-electron chi connectivity index (χ2n) is 8.65. The first-order valence-electron chi connectivity index (χ1n) is 11.5. The molecule has 1 N–H and O–H groups in total. The lowest BCUT2D eigenvalue weighted by molar-refractivity contribution is 0.546. The van der Waals surface area contributed by atoms with Crippen molar-refractivity contribution in [2.24, 2.45) is 5.92 Å². The molecule has 0 amide bonds. The van der Waals surface area contributed by atoms with Crippen LogP contribution in [0.5, 0.6) is 0 Å². The highest BCUT2D eigenvalue weighted by atomic mass is 15.5. The summed E-state index contributed by atoms with van der Waals surface area (Å²) < 4.78 is 2.10. The lowest BCUT2D eigenvalue weighted by atomic mass is 10.0. The van der Waals surface area contributed by atoms with Crippen LogP contribution in [-0.4, -0.2) is 35.4 Å². The van der Waals surface area contributed by atoms with Crippen LogP contribution in [0.2, 0.25) is 0 Å². The highest BCUT2D eigenvalue weighted by Gasteiger charge is 2.12. The third kappa shape index (κ3) is 5.46. The van der Waals surface area contributed by atoms with Crippen LogP contribution in [0.1, 0.15) is 57.2 Å². The van der Waals surface area contributed by atoms with Gasteiger partial charge >= 0.3 is 0 Å². The number of H-pyrrole nitrogens is 1. The van der Waals surface area contributed by atoms with E-state index in [1.165, 1.54) is 5.56 Å². The smallest absolute Gasteiger partial charge is 0.204 e. The number of hydrogen-bond acceptors (Lipinski definition) is 5. The van der Waals surface area contributed by atoms with E-state index in [-0.39, 0.29) is 0 Å². The van der Waals surface area contributed by atoms with Gasteiger partial charge in [0.15, 0.2) is 5.82 Å². The lowest BCUT2D eigenvalue weighted by Gasteiger charge is -2.09. The van der Waals surface area contributed by atoms with Gasteiger partial charge in [-0.3, -0.25) is 0 Å². The fourth-order valence-corrected chi connectivity index (χ4v) is 3.69. The zero-order chi connectivity index (χ0) is 22.3. The molecule has 0 unspecified atom stereocenters. The number of aromatic amines is 1. The van der Waals surface area contributed by atoms with Gasteiger partial charge in [0.2, 0.25) is 5.82 Å². The Kier molecular flexibility index (Phi) is 7.04. The number of tetrazole rings is 1. The summed E-state index contributed by atoms with van der Waals surface area (Å²) in [7, 11) is 0. The maximum absolute atomic E-state index is 4.85. The van der Waals surface area contributed by atoms with Gasteiger partial charge in [-0.1, -0.05) is 69.7 Å². The lowest BCUT2D eigenvalue weighted by Crippen LogP contribution is -2.08. The Morgan fingerprint density at radius 1 is 0.969 bits per heavy atom. The third-order valence-corrected chi connectivity index (χ3v) is 5.58. The summed E-state index contributed by atoms with van der Waals surface area (Å²) >= 11 is 0. The van der Waals surface area contributed by atoms with Gasteiger partial charge < -0.3 is 0 Å². The average Bonchev–Trinajstić information content (AvgIpc) is 3.47. The van der Waals surface area contributed by atoms with Crippen molar-refractivity contribution >= 4 is 0 Å². The van der Waals surface area contributed by atoms with Crippen molar-refractivity contribution in [1.82, 2.24) is 35.4 Å². The van der Waals surface area contributed by atoms with E-state index in [4.69, 9.17) is 10.1 Å². The van der Waals surface area contributed by atoms with Crippen molar-refractivity contribution in [1.29, 1.82) is 0 Å². The van der Waals surface area contributed by atoms with Gasteiger partial charge in [0.25, 0.3) is 0 Å². The Labute approximate surface area is 189 Å². The molecule has 0 aliphatic rings. The van der Waals surface area contributed by atoms with Crippen molar-refractivity contribution in [2.75, 3.05) is 0 Å². The fourth-order valence-electron chi connectivity index (χ4n) is 3.69. The van der Waals surface area contributed by atoms with E-state index in [0.29, 0.717) is 11.7 Å². The summed E-state index contributed by atoms with van der Waals surface area (Å²) in [5.41, 5.74) is 4.44. The van der Waals surface area contributed by atoms with Crippen molar-refractivity contribution in [3.8, 4) is 22.5 Å². The number of unbranched alkanes of at least 4 members (excludes halogenated alkanes) is 1. The standard InChI is InChI=1S/C25H31N7/c1-4-5-9-23-26-24(15-10-18(2)3)32(29-23)17-19-11-13-20(14-12-19)21-7-6-8-22(16-21)25-27-30-31-28-25/h6-8,11-14,16,18H,4-5,9-10,15,17H2,1-3H3,(H,27,28,30,31). The molecule has 2 aromatic heterocycles. The van der Waals surface area contributed by atoms with Crippen LogP contribution in [0.4, 0.5) is 0 Å². The molecule has 0 saturated heterocycles. The first-order chi connectivity index (χ1) is 15.6. The summed E-state index contributed by atoms with van der Waals surface area (Å²) in [4.78, 5) is 4.85. The molecule has 4 aromatic rings. The minimum Gasteiger partial charge on any atom is -0.245 e. The molecule has 0 bridgehead atoms. The predicted octanol–water partition coefficient (Wildman–Crippen LogP) is 5.10. The number of rotatable bonds is 10. The first kappa shape index (κ1) is 21.9. The van der Waals surface area contributed by atoms with Gasteiger partial charge in [0, 0.05) is 18.4 Å². The predicted molar refractivity (Wildman–Crippen MR) is 126 cm³/mol. The van der Waals surface area contributed by atoms with Crippen LogP contribution < -0.4 is 0 Å². The van der Waals surface area contributed by atoms with Crippen LogP contribution in [0.3, 0.4) is 0 Å². The van der Waals surface area contributed by atoms with Crippen molar-refractivity contribution < 1.29 is 0 Å². The number of nitrogens with zero attached hydrogens (tertiary/aromatic N) is 6. The van der Waals surface area contributed by atoms with Crippen LogP contribution in [-0.2, 0) is 19.4 Å². The van der Waals surface area contributed by atoms with Crippen LogP contribution in [0.15, 0.2) is 48.5 Å². The molecule has 0 aliphatic heterocycles. The van der Waals surface area contributed by atoms with Gasteiger partial charge in [-0.2, -0.15) is 10.3 Å². The van der Waals surface area contributed by atoms with Crippen LogP contribution in [0, 0.1) is 5.92 Å². The first-order valence-corrected chi connectivity index (χ1v) is 11.5. The molecule has 0 atom stereocenters. The Morgan fingerprint density at radius 3 is 2.50 bits per heavy atom. The summed E-state index contributed by atoms with van der Waals surface area (Å²) in [6.07, 6.45) is 5.34. The number of aromatic nitrogens is 7. The van der Waals surface area contributed by atoms with E-state index < -0.39 is 0 Å². The largest absolute Gasteiger partial charge is 0.245 e. The topological polar surface area (TPSA) is 85.2 Å². The second-order valence-corrected chi connectivity index (χ2v) is 8.65. The normalized spacial score (nSPS) is 11.4. The van der Waals surface area contributed by atoms with Gasteiger partial charge in [0.05, 0.1) is 6.54 Å². The maximum Gasteiger partial charge on any atom is 0.204 e. The Bertz CT molecular complexity index is 1110. The average molecular weight is 430 g/mol. The highest BCUT2D eigenvalue weighted by molar-refractivity contribution is 5.70. The highest BCUT2D eigenvalue weighted by Crippen LogP contribution is 2.25. The van der Waals surface area contributed by atoms with Crippen LogP contribution in [0.25, 0.3) is 22.5 Å². The quantitative estimate of drug-likeness (QED) is 0.379.